The maximum Gasteiger partial charge on any atom is 0.336 e. The van der Waals surface area contributed by atoms with Crippen LogP contribution < -0.4 is 19.6 Å². The van der Waals surface area contributed by atoms with Gasteiger partial charge in [-0.25, -0.2) is 10.2 Å². The van der Waals surface area contributed by atoms with Crippen molar-refractivity contribution < 1.29 is 23.8 Å². The first-order chi connectivity index (χ1) is 16.4. The summed E-state index contributed by atoms with van der Waals surface area (Å²) in [7, 11) is 1.46. The quantitative estimate of drug-likeness (QED) is 0.156. The number of halogens is 1. The summed E-state index contributed by atoms with van der Waals surface area (Å²) in [6.45, 7) is 1.60. The average Bonchev–Trinajstić information content (AvgIpc) is 2.84. The molecule has 0 fully saturated rings. The summed E-state index contributed by atoms with van der Waals surface area (Å²) < 4.78 is 16.2. The lowest BCUT2D eigenvalue weighted by atomic mass is 10.2. The normalized spacial score (nSPS) is 11.9. The van der Waals surface area contributed by atoms with Gasteiger partial charge in [-0.2, -0.15) is 5.10 Å². The van der Waals surface area contributed by atoms with Gasteiger partial charge < -0.3 is 14.2 Å². The van der Waals surface area contributed by atoms with E-state index >= 15 is 0 Å². The van der Waals surface area contributed by atoms with Crippen molar-refractivity contribution in [2.75, 3.05) is 7.11 Å². The zero-order valence-corrected chi connectivity index (χ0v) is 19.4. The molecular weight excluding hydrogens is 456 g/mol. The lowest BCUT2D eigenvalue weighted by Crippen LogP contribution is -2.33. The first kappa shape index (κ1) is 24.5. The highest BCUT2D eigenvalue weighted by Crippen LogP contribution is 2.28. The Bertz CT molecular complexity index is 1190. The molecule has 0 spiro atoms. The van der Waals surface area contributed by atoms with Crippen molar-refractivity contribution in [3.8, 4) is 17.2 Å². The molecule has 3 rings (SSSR count). The molecule has 0 heterocycles. The number of hydrazone groups is 1. The first-order valence-corrected chi connectivity index (χ1v) is 10.7. The molecule has 3 aromatic rings. The predicted molar refractivity (Wildman–Crippen MR) is 131 cm³/mol. The number of hydrogen-bond donors (Lipinski definition) is 1. The smallest absolute Gasteiger partial charge is 0.336 e. The minimum atomic E-state index is -0.782. The van der Waals surface area contributed by atoms with Crippen LogP contribution in [0.2, 0.25) is 5.02 Å². The highest BCUT2D eigenvalue weighted by molar-refractivity contribution is 6.30. The van der Waals surface area contributed by atoms with Gasteiger partial charge in [0.15, 0.2) is 17.6 Å². The minimum Gasteiger partial charge on any atom is -0.493 e. The maximum atomic E-state index is 12.2. The molecule has 0 bridgehead atoms. The Labute approximate surface area is 202 Å². The van der Waals surface area contributed by atoms with Gasteiger partial charge in [-0.05, 0) is 60.5 Å². The van der Waals surface area contributed by atoms with Crippen LogP contribution >= 0.6 is 11.6 Å². The standard InChI is InChI=1S/C26H23ClN2O5/c1-18(33-22-10-6-9-21(27)16-22)26(31)29-28-17-20-11-13-23(24(15-20)32-2)34-25(30)14-12-19-7-4-3-5-8-19/h3-18H,1-2H3,(H,29,31)/b14-12+,28-17+. The second-order valence-corrected chi connectivity index (χ2v) is 7.46. The molecule has 174 valence electrons. The van der Waals surface area contributed by atoms with E-state index in [9.17, 15) is 9.59 Å². The Morgan fingerprint density at radius 3 is 2.50 bits per heavy atom. The summed E-state index contributed by atoms with van der Waals surface area (Å²) in [5, 5.41) is 4.46. The highest BCUT2D eigenvalue weighted by atomic mass is 35.5. The molecule has 0 aliphatic heterocycles. The van der Waals surface area contributed by atoms with Crippen molar-refractivity contribution in [2.24, 2.45) is 5.10 Å². The Balaban J connectivity index is 1.56. The van der Waals surface area contributed by atoms with Gasteiger partial charge in [0, 0.05) is 11.1 Å². The number of nitrogens with one attached hydrogen (secondary N) is 1. The predicted octanol–water partition coefficient (Wildman–Crippen LogP) is 4.89. The molecule has 1 unspecified atom stereocenters. The maximum absolute atomic E-state index is 12.2. The lowest BCUT2D eigenvalue weighted by molar-refractivity contribution is -0.129. The number of carbonyl (C=O) groups excluding carboxylic acids is 2. The molecule has 3 aromatic carbocycles. The number of esters is 1. The summed E-state index contributed by atoms with van der Waals surface area (Å²) in [4.78, 5) is 24.4. The Kier molecular flexibility index (Phi) is 8.82. The third-order valence-corrected chi connectivity index (χ3v) is 4.71. The fourth-order valence-electron chi connectivity index (χ4n) is 2.78. The minimum absolute atomic E-state index is 0.259. The van der Waals surface area contributed by atoms with Gasteiger partial charge in [-0.15, -0.1) is 0 Å². The highest BCUT2D eigenvalue weighted by Gasteiger charge is 2.14. The van der Waals surface area contributed by atoms with Gasteiger partial charge in [0.1, 0.15) is 5.75 Å². The second-order valence-electron chi connectivity index (χ2n) is 7.03. The van der Waals surface area contributed by atoms with Crippen LogP contribution in [0.1, 0.15) is 18.1 Å². The van der Waals surface area contributed by atoms with Crippen LogP contribution in [-0.4, -0.2) is 31.3 Å². The first-order valence-electron chi connectivity index (χ1n) is 10.3. The van der Waals surface area contributed by atoms with Crippen LogP contribution in [0.3, 0.4) is 0 Å². The summed E-state index contributed by atoms with van der Waals surface area (Å²) in [6.07, 6.45) is 3.66. The second kappa shape index (κ2) is 12.2. The number of rotatable bonds is 9. The van der Waals surface area contributed by atoms with Crippen LogP contribution in [0.5, 0.6) is 17.2 Å². The summed E-state index contributed by atoms with van der Waals surface area (Å²) in [6, 6.07) is 21.1. The van der Waals surface area contributed by atoms with Gasteiger partial charge >= 0.3 is 5.97 Å². The average molecular weight is 479 g/mol. The third kappa shape index (κ3) is 7.50. The summed E-state index contributed by atoms with van der Waals surface area (Å²) in [5.41, 5.74) is 3.93. The van der Waals surface area contributed by atoms with Gasteiger partial charge in [0.05, 0.1) is 13.3 Å². The number of ether oxygens (including phenoxy) is 3. The van der Waals surface area contributed by atoms with E-state index in [0.717, 1.165) is 5.56 Å². The van der Waals surface area contributed by atoms with Gasteiger partial charge in [-0.3, -0.25) is 4.79 Å². The molecule has 0 aromatic heterocycles. The van der Waals surface area contributed by atoms with Crippen molar-refractivity contribution in [3.05, 3.63) is 95.0 Å². The van der Waals surface area contributed by atoms with Gasteiger partial charge in [0.25, 0.3) is 5.91 Å². The van der Waals surface area contributed by atoms with Crippen molar-refractivity contribution in [3.63, 3.8) is 0 Å². The van der Waals surface area contributed by atoms with E-state index in [1.165, 1.54) is 19.4 Å². The fourth-order valence-corrected chi connectivity index (χ4v) is 2.96. The monoisotopic (exact) mass is 478 g/mol. The SMILES string of the molecule is COc1cc(/C=N/NC(=O)C(C)Oc2cccc(Cl)c2)ccc1OC(=O)/C=C/c1ccccc1. The number of benzene rings is 3. The molecule has 1 atom stereocenters. The van der Waals surface area contributed by atoms with Crippen molar-refractivity contribution in [1.82, 2.24) is 5.43 Å². The fraction of sp³-hybridized carbons (Fsp3) is 0.115. The zero-order valence-electron chi connectivity index (χ0n) is 18.6. The van der Waals surface area contributed by atoms with E-state index in [1.807, 2.05) is 30.3 Å². The summed E-state index contributed by atoms with van der Waals surface area (Å²) >= 11 is 5.92. The number of amides is 1. The van der Waals surface area contributed by atoms with E-state index in [-0.39, 0.29) is 5.75 Å². The molecule has 1 amide bonds. The van der Waals surface area contributed by atoms with Crippen molar-refractivity contribution in [1.29, 1.82) is 0 Å². The molecule has 0 aliphatic rings. The largest absolute Gasteiger partial charge is 0.493 e. The molecule has 1 N–H and O–H groups in total. The Morgan fingerprint density at radius 2 is 1.76 bits per heavy atom. The van der Waals surface area contributed by atoms with E-state index in [0.29, 0.717) is 22.1 Å². The van der Waals surface area contributed by atoms with E-state index in [2.05, 4.69) is 10.5 Å². The van der Waals surface area contributed by atoms with Crippen LogP contribution in [0.15, 0.2) is 84.0 Å². The molecule has 0 saturated carbocycles. The third-order valence-electron chi connectivity index (χ3n) is 4.48. The van der Waals surface area contributed by atoms with E-state index < -0.39 is 18.0 Å². The number of carbonyl (C=O) groups is 2. The number of hydrogen-bond acceptors (Lipinski definition) is 6. The lowest BCUT2D eigenvalue weighted by Gasteiger charge is -2.13. The number of methoxy groups -OCH3 is 1. The summed E-state index contributed by atoms with van der Waals surface area (Å²) in [5.74, 6) is 0.112. The molecule has 0 aliphatic carbocycles. The van der Waals surface area contributed by atoms with Crippen molar-refractivity contribution in [2.45, 2.75) is 13.0 Å². The van der Waals surface area contributed by atoms with Crippen LogP contribution in [-0.2, 0) is 9.59 Å². The molecule has 8 heteroatoms. The van der Waals surface area contributed by atoms with Gasteiger partial charge in [-0.1, -0.05) is 48.0 Å². The van der Waals surface area contributed by atoms with Crippen LogP contribution in [0, 0.1) is 0 Å². The van der Waals surface area contributed by atoms with Crippen molar-refractivity contribution >= 4 is 35.8 Å². The zero-order chi connectivity index (χ0) is 24.3. The molecular formula is C26H23ClN2O5. The molecule has 34 heavy (non-hydrogen) atoms. The van der Waals surface area contributed by atoms with Crippen LogP contribution in [0.4, 0.5) is 0 Å². The Hall–Kier alpha value is -4.10. The molecule has 7 nitrogen and oxygen atoms in total. The van der Waals surface area contributed by atoms with Gasteiger partial charge in [0.2, 0.25) is 0 Å². The van der Waals surface area contributed by atoms with E-state index in [4.69, 9.17) is 25.8 Å². The Morgan fingerprint density at radius 1 is 0.971 bits per heavy atom. The van der Waals surface area contributed by atoms with E-state index in [1.54, 1.807) is 55.5 Å². The van der Waals surface area contributed by atoms with Crippen LogP contribution in [0.25, 0.3) is 6.08 Å². The number of nitrogens with zero attached hydrogens (tertiary/aromatic N) is 1. The molecule has 0 saturated heterocycles. The molecule has 0 radical (unpaired) electrons. The topological polar surface area (TPSA) is 86.2 Å².